The van der Waals surface area contributed by atoms with Crippen LogP contribution in [0, 0.1) is 5.92 Å². The first-order chi connectivity index (χ1) is 4.13. The lowest BCUT2D eigenvalue weighted by molar-refractivity contribution is -0.125. The third kappa shape index (κ3) is 0.976. The van der Waals surface area contributed by atoms with Gasteiger partial charge in [-0.25, -0.2) is 0 Å². The first kappa shape index (κ1) is 6.71. The number of hydrogen-bond acceptors (Lipinski definition) is 3. The second kappa shape index (κ2) is 2.08. The quantitative estimate of drug-likeness (QED) is 0.456. The first-order valence-electron chi connectivity index (χ1n) is 3.02. The van der Waals surface area contributed by atoms with Gasteiger partial charge in [0.25, 0.3) is 0 Å². The van der Waals surface area contributed by atoms with Crippen molar-refractivity contribution in [2.75, 3.05) is 0 Å². The van der Waals surface area contributed by atoms with Crippen LogP contribution in [0.2, 0.25) is 0 Å². The van der Waals surface area contributed by atoms with Crippen LogP contribution in [0.3, 0.4) is 0 Å². The predicted octanol–water partition coefficient (Wildman–Crippen LogP) is -0.683. The van der Waals surface area contributed by atoms with E-state index < -0.39 is 12.2 Å². The summed E-state index contributed by atoms with van der Waals surface area (Å²) in [4.78, 5) is 10.6. The molecule has 1 aliphatic carbocycles. The summed E-state index contributed by atoms with van der Waals surface area (Å²) in [5, 5.41) is 17.9. The van der Waals surface area contributed by atoms with Crippen LogP contribution in [0.25, 0.3) is 0 Å². The molecule has 52 valence electrons. The van der Waals surface area contributed by atoms with E-state index in [0.29, 0.717) is 0 Å². The third-order valence-electron chi connectivity index (χ3n) is 1.85. The molecule has 3 heteroatoms. The minimum Gasteiger partial charge on any atom is -0.392 e. The van der Waals surface area contributed by atoms with Crippen LogP contribution in [0.1, 0.15) is 13.3 Å². The molecule has 0 spiro atoms. The fraction of sp³-hybridized carbons (Fsp3) is 0.833. The Hall–Kier alpha value is -0.410. The van der Waals surface area contributed by atoms with Gasteiger partial charge in [0.15, 0.2) is 5.78 Å². The Kier molecular flexibility index (Phi) is 1.55. The number of hydrogen-bond donors (Lipinski definition) is 2. The fourth-order valence-corrected chi connectivity index (χ4v) is 1.02. The molecule has 0 aromatic heterocycles. The standard InChI is InChI=1S/C6H10O3/c1-3-4(7)2-5(8)6(3)9/h3-4,6-7,9H,2H2,1H3. The van der Waals surface area contributed by atoms with Gasteiger partial charge in [-0.15, -0.1) is 0 Å². The minimum absolute atomic E-state index is 0.113. The van der Waals surface area contributed by atoms with Crippen molar-refractivity contribution in [1.29, 1.82) is 0 Å². The van der Waals surface area contributed by atoms with Gasteiger partial charge in [-0.1, -0.05) is 6.92 Å². The lowest BCUT2D eigenvalue weighted by Gasteiger charge is -2.08. The summed E-state index contributed by atoms with van der Waals surface area (Å²) in [6, 6.07) is 0. The molecule has 1 rings (SSSR count). The van der Waals surface area contributed by atoms with E-state index in [0.717, 1.165) is 0 Å². The largest absolute Gasteiger partial charge is 0.392 e. The van der Waals surface area contributed by atoms with Gasteiger partial charge in [0, 0.05) is 12.3 Å². The van der Waals surface area contributed by atoms with E-state index in [1.807, 2.05) is 0 Å². The number of carbonyl (C=O) groups is 1. The highest BCUT2D eigenvalue weighted by atomic mass is 16.3. The van der Waals surface area contributed by atoms with Crippen LogP contribution < -0.4 is 0 Å². The molecule has 2 N–H and O–H groups in total. The van der Waals surface area contributed by atoms with Crippen LogP contribution in [0.15, 0.2) is 0 Å². The molecule has 0 amide bonds. The average molecular weight is 130 g/mol. The van der Waals surface area contributed by atoms with Crippen molar-refractivity contribution in [2.24, 2.45) is 5.92 Å². The lowest BCUT2D eigenvalue weighted by atomic mass is 10.1. The maximum absolute atomic E-state index is 10.6. The fourth-order valence-electron chi connectivity index (χ4n) is 1.02. The Morgan fingerprint density at radius 2 is 2.11 bits per heavy atom. The second-order valence-corrected chi connectivity index (χ2v) is 2.54. The van der Waals surface area contributed by atoms with Crippen LogP contribution in [0.4, 0.5) is 0 Å². The Labute approximate surface area is 53.3 Å². The Balaban J connectivity index is 2.65. The van der Waals surface area contributed by atoms with Gasteiger partial charge >= 0.3 is 0 Å². The number of Topliss-reactive ketones (excluding diaryl/α,β-unsaturated/α-hetero) is 1. The first-order valence-corrected chi connectivity index (χ1v) is 3.02. The Bertz CT molecular complexity index is 132. The van der Waals surface area contributed by atoms with Gasteiger partial charge in [0.2, 0.25) is 0 Å². The highest BCUT2D eigenvalue weighted by Crippen LogP contribution is 2.21. The summed E-state index contributed by atoms with van der Waals surface area (Å²) in [5.41, 5.74) is 0. The summed E-state index contributed by atoms with van der Waals surface area (Å²) in [6.45, 7) is 1.67. The smallest absolute Gasteiger partial charge is 0.164 e. The molecule has 1 aliphatic rings. The number of aliphatic hydroxyl groups is 2. The van der Waals surface area contributed by atoms with Crippen molar-refractivity contribution in [3.8, 4) is 0 Å². The summed E-state index contributed by atoms with van der Waals surface area (Å²) in [5.74, 6) is -0.521. The van der Waals surface area contributed by atoms with Crippen LogP contribution in [0.5, 0.6) is 0 Å². The lowest BCUT2D eigenvalue weighted by Crippen LogP contribution is -2.21. The average Bonchev–Trinajstić information content (AvgIpc) is 1.98. The summed E-state index contributed by atoms with van der Waals surface area (Å²) < 4.78 is 0. The minimum atomic E-state index is -0.931. The molecule has 0 saturated heterocycles. The van der Waals surface area contributed by atoms with E-state index in [4.69, 9.17) is 10.2 Å². The molecule has 9 heavy (non-hydrogen) atoms. The van der Waals surface area contributed by atoms with E-state index >= 15 is 0 Å². The van der Waals surface area contributed by atoms with E-state index in [9.17, 15) is 4.79 Å². The van der Waals surface area contributed by atoms with E-state index in [1.165, 1.54) is 0 Å². The molecule has 0 aromatic carbocycles. The second-order valence-electron chi connectivity index (χ2n) is 2.54. The molecular formula is C6H10O3. The van der Waals surface area contributed by atoms with Gasteiger partial charge < -0.3 is 10.2 Å². The highest BCUT2D eigenvalue weighted by Gasteiger charge is 2.36. The Morgan fingerprint density at radius 3 is 2.22 bits per heavy atom. The molecule has 0 aromatic rings. The monoisotopic (exact) mass is 130 g/mol. The molecule has 0 bridgehead atoms. The highest BCUT2D eigenvalue weighted by molar-refractivity contribution is 5.86. The molecule has 0 radical (unpaired) electrons. The molecule has 0 aliphatic heterocycles. The SMILES string of the molecule is CC1C(O)CC(=O)C1O. The van der Waals surface area contributed by atoms with E-state index in [-0.39, 0.29) is 18.1 Å². The van der Waals surface area contributed by atoms with Crippen LogP contribution in [-0.4, -0.2) is 28.2 Å². The molecule has 3 atom stereocenters. The zero-order valence-electron chi connectivity index (χ0n) is 5.24. The van der Waals surface area contributed by atoms with E-state index in [2.05, 4.69) is 0 Å². The Morgan fingerprint density at radius 1 is 1.56 bits per heavy atom. The van der Waals surface area contributed by atoms with Crippen LogP contribution >= 0.6 is 0 Å². The van der Waals surface area contributed by atoms with E-state index in [1.54, 1.807) is 6.92 Å². The van der Waals surface area contributed by atoms with Crippen molar-refractivity contribution in [1.82, 2.24) is 0 Å². The molecular weight excluding hydrogens is 120 g/mol. The number of rotatable bonds is 0. The van der Waals surface area contributed by atoms with Gasteiger partial charge in [-0.05, 0) is 0 Å². The molecule has 1 fully saturated rings. The summed E-state index contributed by atoms with van der Waals surface area (Å²) >= 11 is 0. The van der Waals surface area contributed by atoms with Crippen molar-refractivity contribution >= 4 is 5.78 Å². The van der Waals surface area contributed by atoms with Crippen molar-refractivity contribution < 1.29 is 15.0 Å². The normalized spacial score (nSPS) is 43.9. The number of ketones is 1. The third-order valence-corrected chi connectivity index (χ3v) is 1.85. The van der Waals surface area contributed by atoms with Gasteiger partial charge in [0.05, 0.1) is 6.10 Å². The molecule has 3 nitrogen and oxygen atoms in total. The summed E-state index contributed by atoms with van der Waals surface area (Å²) in [7, 11) is 0. The van der Waals surface area contributed by atoms with Crippen LogP contribution in [-0.2, 0) is 4.79 Å². The van der Waals surface area contributed by atoms with Gasteiger partial charge in [-0.3, -0.25) is 4.79 Å². The summed E-state index contributed by atoms with van der Waals surface area (Å²) in [6.07, 6.45) is -1.45. The maximum atomic E-state index is 10.6. The van der Waals surface area contributed by atoms with Crippen molar-refractivity contribution in [3.63, 3.8) is 0 Å². The number of aliphatic hydroxyl groups excluding tert-OH is 2. The molecule has 3 unspecified atom stereocenters. The van der Waals surface area contributed by atoms with Crippen molar-refractivity contribution in [3.05, 3.63) is 0 Å². The van der Waals surface area contributed by atoms with Gasteiger partial charge in [-0.2, -0.15) is 0 Å². The zero-order chi connectivity index (χ0) is 7.02. The maximum Gasteiger partial charge on any atom is 0.164 e. The molecule has 0 heterocycles. The van der Waals surface area contributed by atoms with Crippen molar-refractivity contribution in [2.45, 2.75) is 25.6 Å². The predicted molar refractivity (Wildman–Crippen MR) is 30.8 cm³/mol. The van der Waals surface area contributed by atoms with Gasteiger partial charge in [0.1, 0.15) is 6.10 Å². The topological polar surface area (TPSA) is 57.5 Å². The molecule has 1 saturated carbocycles. The zero-order valence-corrected chi connectivity index (χ0v) is 5.24. The number of carbonyl (C=O) groups excluding carboxylic acids is 1.